The third kappa shape index (κ3) is 4.96. The zero-order valence-corrected chi connectivity index (χ0v) is 19.9. The number of fused-ring (bicyclic) bond motifs is 3. The van der Waals surface area contributed by atoms with Crippen LogP contribution in [0.5, 0.6) is 0 Å². The third-order valence-electron chi connectivity index (χ3n) is 5.56. The Bertz CT molecular complexity index is 1070. The Morgan fingerprint density at radius 2 is 1.50 bits per heavy atom. The SMILES string of the molecule is CCOC(=O)C(Cc1ccc(I)cc1)NC(=O)OCC1c2ccccc2-c2ccccc21. The summed E-state index contributed by atoms with van der Waals surface area (Å²) in [4.78, 5) is 25.1. The molecule has 0 radical (unpaired) electrons. The average Bonchev–Trinajstić information content (AvgIpc) is 3.12. The number of carbonyl (C=O) groups is 2. The molecule has 0 bridgehead atoms. The molecule has 5 nitrogen and oxygen atoms in total. The fourth-order valence-corrected chi connectivity index (χ4v) is 4.43. The first-order valence-corrected chi connectivity index (χ1v) is 11.7. The van der Waals surface area contributed by atoms with Crippen LogP contribution in [0.4, 0.5) is 4.79 Å². The van der Waals surface area contributed by atoms with Crippen molar-refractivity contribution in [2.75, 3.05) is 13.2 Å². The number of benzene rings is 3. The molecule has 1 aliphatic carbocycles. The van der Waals surface area contributed by atoms with Gasteiger partial charge in [-0.1, -0.05) is 60.7 Å². The normalized spacial score (nSPS) is 13.1. The maximum absolute atomic E-state index is 12.6. The van der Waals surface area contributed by atoms with Gasteiger partial charge in [0.15, 0.2) is 0 Å². The summed E-state index contributed by atoms with van der Waals surface area (Å²) < 4.78 is 11.9. The van der Waals surface area contributed by atoms with E-state index in [2.05, 4.69) is 52.2 Å². The fourth-order valence-electron chi connectivity index (χ4n) is 4.07. The quantitative estimate of drug-likeness (QED) is 0.326. The van der Waals surface area contributed by atoms with Crippen molar-refractivity contribution < 1.29 is 19.1 Å². The molecule has 164 valence electrons. The van der Waals surface area contributed by atoms with Gasteiger partial charge in [-0.15, -0.1) is 0 Å². The van der Waals surface area contributed by atoms with Crippen LogP contribution in [-0.2, 0) is 20.7 Å². The number of ether oxygens (including phenoxy) is 2. The molecule has 0 saturated carbocycles. The van der Waals surface area contributed by atoms with Gasteiger partial charge in [-0.2, -0.15) is 0 Å². The molecule has 0 fully saturated rings. The largest absolute Gasteiger partial charge is 0.464 e. The summed E-state index contributed by atoms with van der Waals surface area (Å²) in [5.41, 5.74) is 5.55. The second-order valence-corrected chi connectivity index (χ2v) is 8.85. The lowest BCUT2D eigenvalue weighted by Gasteiger charge is -2.19. The number of nitrogens with one attached hydrogen (secondary N) is 1. The third-order valence-corrected chi connectivity index (χ3v) is 6.28. The number of hydrogen-bond acceptors (Lipinski definition) is 4. The Morgan fingerprint density at radius 1 is 0.906 bits per heavy atom. The summed E-state index contributed by atoms with van der Waals surface area (Å²) in [7, 11) is 0. The van der Waals surface area contributed by atoms with E-state index >= 15 is 0 Å². The molecular formula is C26H24INO4. The van der Waals surface area contributed by atoms with E-state index in [1.165, 1.54) is 11.1 Å². The van der Waals surface area contributed by atoms with Gasteiger partial charge in [-0.25, -0.2) is 9.59 Å². The van der Waals surface area contributed by atoms with E-state index in [-0.39, 0.29) is 19.1 Å². The minimum atomic E-state index is -0.814. The van der Waals surface area contributed by atoms with Crippen molar-refractivity contribution in [1.29, 1.82) is 0 Å². The Balaban J connectivity index is 1.44. The van der Waals surface area contributed by atoms with Crippen LogP contribution < -0.4 is 5.32 Å². The molecule has 0 aromatic heterocycles. The van der Waals surface area contributed by atoms with Gasteiger partial charge in [0.1, 0.15) is 12.6 Å². The van der Waals surface area contributed by atoms with Crippen molar-refractivity contribution in [3.05, 3.63) is 93.1 Å². The van der Waals surface area contributed by atoms with Crippen LogP contribution >= 0.6 is 22.6 Å². The zero-order valence-electron chi connectivity index (χ0n) is 17.7. The summed E-state index contributed by atoms with van der Waals surface area (Å²) in [6.45, 7) is 2.18. The van der Waals surface area contributed by atoms with Gasteiger partial charge < -0.3 is 14.8 Å². The average molecular weight is 541 g/mol. The first-order valence-electron chi connectivity index (χ1n) is 10.6. The van der Waals surface area contributed by atoms with Crippen molar-refractivity contribution >= 4 is 34.7 Å². The molecule has 0 spiro atoms. The van der Waals surface area contributed by atoms with Crippen molar-refractivity contribution in [3.63, 3.8) is 0 Å². The number of rotatable bonds is 7. The minimum absolute atomic E-state index is 0.0367. The van der Waals surface area contributed by atoms with Gasteiger partial charge in [0.2, 0.25) is 0 Å². The summed E-state index contributed by atoms with van der Waals surface area (Å²) in [6, 6.07) is 23.3. The van der Waals surface area contributed by atoms with Gasteiger partial charge in [-0.3, -0.25) is 0 Å². The first kappa shape index (κ1) is 22.3. The van der Waals surface area contributed by atoms with Gasteiger partial charge in [0.25, 0.3) is 0 Å². The monoisotopic (exact) mass is 541 g/mol. The van der Waals surface area contributed by atoms with Gasteiger partial charge in [-0.05, 0) is 69.5 Å². The maximum atomic E-state index is 12.6. The van der Waals surface area contributed by atoms with Crippen molar-refractivity contribution in [1.82, 2.24) is 5.32 Å². The summed E-state index contributed by atoms with van der Waals surface area (Å²) in [5.74, 6) is -0.509. The minimum Gasteiger partial charge on any atom is -0.464 e. The number of carbonyl (C=O) groups excluding carboxylic acids is 2. The van der Waals surface area contributed by atoms with Gasteiger partial charge >= 0.3 is 12.1 Å². The van der Waals surface area contributed by atoms with E-state index in [1.807, 2.05) is 48.5 Å². The van der Waals surface area contributed by atoms with Crippen LogP contribution in [-0.4, -0.2) is 31.3 Å². The summed E-state index contributed by atoms with van der Waals surface area (Å²) in [5, 5.41) is 2.70. The predicted molar refractivity (Wildman–Crippen MR) is 131 cm³/mol. The first-order chi connectivity index (χ1) is 15.6. The van der Waals surface area contributed by atoms with E-state index in [4.69, 9.17) is 9.47 Å². The zero-order chi connectivity index (χ0) is 22.5. The molecule has 6 heteroatoms. The molecule has 1 aliphatic rings. The Morgan fingerprint density at radius 3 is 2.09 bits per heavy atom. The topological polar surface area (TPSA) is 64.6 Å². The number of amides is 1. The molecule has 1 amide bonds. The van der Waals surface area contributed by atoms with Crippen LogP contribution in [0, 0.1) is 3.57 Å². The van der Waals surface area contributed by atoms with Crippen LogP contribution in [0.25, 0.3) is 11.1 Å². The molecular weight excluding hydrogens is 517 g/mol. The second kappa shape index (κ2) is 10.2. The highest BCUT2D eigenvalue weighted by molar-refractivity contribution is 14.1. The Labute approximate surface area is 201 Å². The number of hydrogen-bond donors (Lipinski definition) is 1. The molecule has 32 heavy (non-hydrogen) atoms. The van der Waals surface area contributed by atoms with Crippen LogP contribution in [0.3, 0.4) is 0 Å². The Kier molecular flexibility index (Phi) is 7.09. The molecule has 0 heterocycles. The predicted octanol–water partition coefficient (Wildman–Crippen LogP) is 5.30. The van der Waals surface area contributed by atoms with E-state index in [9.17, 15) is 9.59 Å². The lowest BCUT2D eigenvalue weighted by Crippen LogP contribution is -2.44. The summed E-state index contributed by atoms with van der Waals surface area (Å²) in [6.07, 6.45) is -0.296. The van der Waals surface area contributed by atoms with Gasteiger partial charge in [0, 0.05) is 15.9 Å². The second-order valence-electron chi connectivity index (χ2n) is 7.61. The lowest BCUT2D eigenvalue weighted by molar-refractivity contribution is -0.145. The number of esters is 1. The highest BCUT2D eigenvalue weighted by atomic mass is 127. The smallest absolute Gasteiger partial charge is 0.407 e. The summed E-state index contributed by atoms with van der Waals surface area (Å²) >= 11 is 2.23. The van der Waals surface area contributed by atoms with E-state index in [0.29, 0.717) is 6.42 Å². The number of alkyl carbamates (subject to hydrolysis) is 1. The Hall–Kier alpha value is -2.87. The van der Waals surface area contributed by atoms with E-state index < -0.39 is 18.1 Å². The molecule has 1 N–H and O–H groups in total. The molecule has 0 saturated heterocycles. The lowest BCUT2D eigenvalue weighted by atomic mass is 9.98. The molecule has 3 aromatic carbocycles. The molecule has 3 aromatic rings. The standard InChI is InChI=1S/C26H24INO4/c1-2-31-25(29)24(15-17-11-13-18(27)14-12-17)28-26(30)32-16-23-21-9-5-3-7-19(21)20-8-4-6-10-22(20)23/h3-14,23-24H,2,15-16H2,1H3,(H,28,30). The molecule has 1 atom stereocenters. The highest BCUT2D eigenvalue weighted by Gasteiger charge is 2.30. The number of halogens is 1. The van der Waals surface area contributed by atoms with E-state index in [0.717, 1.165) is 20.3 Å². The van der Waals surface area contributed by atoms with E-state index in [1.54, 1.807) is 6.92 Å². The molecule has 4 rings (SSSR count). The van der Waals surface area contributed by atoms with Crippen molar-refractivity contribution in [2.24, 2.45) is 0 Å². The van der Waals surface area contributed by atoms with Crippen molar-refractivity contribution in [2.45, 2.75) is 25.3 Å². The highest BCUT2D eigenvalue weighted by Crippen LogP contribution is 2.44. The fraction of sp³-hybridized carbons (Fsp3) is 0.231. The van der Waals surface area contributed by atoms with Gasteiger partial charge in [0.05, 0.1) is 6.61 Å². The van der Waals surface area contributed by atoms with Crippen LogP contribution in [0.15, 0.2) is 72.8 Å². The van der Waals surface area contributed by atoms with Crippen LogP contribution in [0.2, 0.25) is 0 Å². The molecule has 1 unspecified atom stereocenters. The van der Waals surface area contributed by atoms with Crippen molar-refractivity contribution in [3.8, 4) is 11.1 Å². The molecule has 0 aliphatic heterocycles. The maximum Gasteiger partial charge on any atom is 0.407 e. The van der Waals surface area contributed by atoms with Crippen LogP contribution in [0.1, 0.15) is 29.5 Å².